The fourth-order valence-electron chi connectivity index (χ4n) is 0.644. The fourth-order valence-corrected chi connectivity index (χ4v) is 0.832. The Kier molecular flexibility index (Phi) is 3.20. The van der Waals surface area contributed by atoms with Gasteiger partial charge in [-0.2, -0.15) is 0 Å². The van der Waals surface area contributed by atoms with Crippen LogP contribution < -0.4 is 0 Å². The fraction of sp³-hybridized carbons (Fsp3) is 0.857. The number of carbonyl (C=O) groups excluding carboxylic acids is 1. The van der Waals surface area contributed by atoms with E-state index < -0.39 is 0 Å². The molecule has 0 saturated carbocycles. The SMILES string of the molecule is CCC(C)(Cl)CC(C)=O. The lowest BCUT2D eigenvalue weighted by Crippen LogP contribution is -2.18. The molecule has 0 bridgehead atoms. The van der Waals surface area contributed by atoms with E-state index in [0.717, 1.165) is 6.42 Å². The third-order valence-corrected chi connectivity index (χ3v) is 1.76. The van der Waals surface area contributed by atoms with Crippen molar-refractivity contribution in [2.75, 3.05) is 0 Å². The molecular weight excluding hydrogens is 136 g/mol. The maximum atomic E-state index is 10.5. The molecule has 0 aromatic heterocycles. The minimum absolute atomic E-state index is 0.161. The lowest BCUT2D eigenvalue weighted by atomic mass is 10.0. The van der Waals surface area contributed by atoms with Gasteiger partial charge in [-0.1, -0.05) is 6.92 Å². The van der Waals surface area contributed by atoms with Gasteiger partial charge in [0.15, 0.2) is 0 Å². The van der Waals surface area contributed by atoms with Crippen LogP contribution in [-0.2, 0) is 4.79 Å². The summed E-state index contributed by atoms with van der Waals surface area (Å²) in [6.07, 6.45) is 1.32. The van der Waals surface area contributed by atoms with Gasteiger partial charge in [-0.05, 0) is 20.3 Å². The number of alkyl halides is 1. The van der Waals surface area contributed by atoms with Crippen LogP contribution in [-0.4, -0.2) is 10.7 Å². The van der Waals surface area contributed by atoms with Crippen LogP contribution in [0.25, 0.3) is 0 Å². The van der Waals surface area contributed by atoms with Crippen LogP contribution in [0.3, 0.4) is 0 Å². The van der Waals surface area contributed by atoms with Crippen molar-refractivity contribution >= 4 is 17.4 Å². The van der Waals surface area contributed by atoms with Gasteiger partial charge in [0.2, 0.25) is 0 Å². The quantitative estimate of drug-likeness (QED) is 0.562. The van der Waals surface area contributed by atoms with Crippen molar-refractivity contribution in [3.63, 3.8) is 0 Å². The average molecular weight is 149 g/mol. The Labute approximate surface area is 61.4 Å². The highest BCUT2D eigenvalue weighted by Crippen LogP contribution is 2.22. The molecule has 0 spiro atoms. The van der Waals surface area contributed by atoms with Crippen LogP contribution >= 0.6 is 11.6 Å². The number of rotatable bonds is 3. The lowest BCUT2D eigenvalue weighted by Gasteiger charge is -2.16. The Bertz CT molecular complexity index is 107. The molecule has 0 radical (unpaired) electrons. The maximum absolute atomic E-state index is 10.5. The minimum Gasteiger partial charge on any atom is -0.300 e. The highest BCUT2D eigenvalue weighted by atomic mass is 35.5. The summed E-state index contributed by atoms with van der Waals surface area (Å²) in [7, 11) is 0. The Morgan fingerprint density at radius 1 is 1.67 bits per heavy atom. The summed E-state index contributed by atoms with van der Waals surface area (Å²) in [4.78, 5) is 10.2. The Morgan fingerprint density at radius 2 is 2.11 bits per heavy atom. The van der Waals surface area contributed by atoms with Crippen molar-refractivity contribution in [2.45, 2.75) is 38.5 Å². The highest BCUT2D eigenvalue weighted by Gasteiger charge is 2.19. The monoisotopic (exact) mass is 148 g/mol. The van der Waals surface area contributed by atoms with Crippen LogP contribution in [0.2, 0.25) is 0 Å². The Balaban J connectivity index is 3.71. The molecule has 0 rings (SSSR count). The second-order valence-corrected chi connectivity index (χ2v) is 3.56. The van der Waals surface area contributed by atoms with Gasteiger partial charge in [-0.25, -0.2) is 0 Å². The second kappa shape index (κ2) is 3.21. The van der Waals surface area contributed by atoms with E-state index in [4.69, 9.17) is 11.6 Å². The molecule has 0 aliphatic carbocycles. The normalized spacial score (nSPS) is 16.9. The standard InChI is InChI=1S/C7H13ClO/c1-4-7(3,8)5-6(2)9/h4-5H2,1-3H3. The molecule has 54 valence electrons. The van der Waals surface area contributed by atoms with Crippen molar-refractivity contribution in [3.05, 3.63) is 0 Å². The lowest BCUT2D eigenvalue weighted by molar-refractivity contribution is -0.117. The van der Waals surface area contributed by atoms with Gasteiger partial charge >= 0.3 is 0 Å². The number of ketones is 1. The molecule has 1 nitrogen and oxygen atoms in total. The topological polar surface area (TPSA) is 17.1 Å². The molecule has 0 fully saturated rings. The maximum Gasteiger partial charge on any atom is 0.131 e. The molecule has 1 unspecified atom stereocenters. The largest absolute Gasteiger partial charge is 0.300 e. The van der Waals surface area contributed by atoms with E-state index in [-0.39, 0.29) is 10.7 Å². The minimum atomic E-state index is -0.314. The van der Waals surface area contributed by atoms with E-state index in [1.54, 1.807) is 6.92 Å². The van der Waals surface area contributed by atoms with E-state index in [2.05, 4.69) is 0 Å². The van der Waals surface area contributed by atoms with Crippen LogP contribution in [0.1, 0.15) is 33.6 Å². The summed E-state index contributed by atoms with van der Waals surface area (Å²) >= 11 is 5.89. The van der Waals surface area contributed by atoms with Gasteiger partial charge in [0.25, 0.3) is 0 Å². The number of Topliss-reactive ketones (excluding diaryl/α,β-unsaturated/α-hetero) is 1. The summed E-state index contributed by atoms with van der Waals surface area (Å²) in [6, 6.07) is 0. The molecule has 9 heavy (non-hydrogen) atoms. The van der Waals surface area contributed by atoms with Gasteiger partial charge in [0.1, 0.15) is 5.78 Å². The summed E-state index contributed by atoms with van der Waals surface area (Å²) in [5, 5.41) is 0. The van der Waals surface area contributed by atoms with Crippen LogP contribution in [0.15, 0.2) is 0 Å². The van der Waals surface area contributed by atoms with Crippen LogP contribution in [0.4, 0.5) is 0 Å². The molecule has 0 saturated heterocycles. The zero-order chi connectivity index (χ0) is 7.49. The smallest absolute Gasteiger partial charge is 0.131 e. The molecule has 0 N–H and O–H groups in total. The Morgan fingerprint density at radius 3 is 2.22 bits per heavy atom. The predicted molar refractivity (Wildman–Crippen MR) is 39.8 cm³/mol. The van der Waals surface area contributed by atoms with Crippen LogP contribution in [0.5, 0.6) is 0 Å². The van der Waals surface area contributed by atoms with Gasteiger partial charge in [-0.15, -0.1) is 11.6 Å². The van der Waals surface area contributed by atoms with Crippen molar-refractivity contribution < 1.29 is 4.79 Å². The van der Waals surface area contributed by atoms with Crippen molar-refractivity contribution in [3.8, 4) is 0 Å². The molecule has 2 heteroatoms. The first-order valence-corrected chi connectivity index (χ1v) is 3.54. The van der Waals surface area contributed by atoms with E-state index in [0.29, 0.717) is 6.42 Å². The first-order chi connectivity index (χ1) is 3.98. The molecule has 0 aromatic rings. The van der Waals surface area contributed by atoms with Gasteiger partial charge < -0.3 is 0 Å². The summed E-state index contributed by atoms with van der Waals surface area (Å²) < 4.78 is 0. The van der Waals surface area contributed by atoms with Crippen molar-refractivity contribution in [2.24, 2.45) is 0 Å². The van der Waals surface area contributed by atoms with Crippen molar-refractivity contribution in [1.82, 2.24) is 0 Å². The third kappa shape index (κ3) is 4.46. The van der Waals surface area contributed by atoms with Crippen molar-refractivity contribution in [1.29, 1.82) is 0 Å². The van der Waals surface area contributed by atoms with Gasteiger partial charge in [0, 0.05) is 11.3 Å². The number of halogens is 1. The summed E-state index contributed by atoms with van der Waals surface area (Å²) in [5.74, 6) is 0.161. The first-order valence-electron chi connectivity index (χ1n) is 3.16. The average Bonchev–Trinajstić information content (AvgIpc) is 1.63. The molecule has 1 atom stereocenters. The Hall–Kier alpha value is -0.0400. The molecule has 0 heterocycles. The van der Waals surface area contributed by atoms with Gasteiger partial charge in [0.05, 0.1) is 0 Å². The first kappa shape index (κ1) is 8.96. The van der Waals surface area contributed by atoms with E-state index >= 15 is 0 Å². The van der Waals surface area contributed by atoms with E-state index in [1.807, 2.05) is 13.8 Å². The van der Waals surface area contributed by atoms with Gasteiger partial charge in [-0.3, -0.25) is 4.79 Å². The molecule has 0 aliphatic rings. The van der Waals surface area contributed by atoms with E-state index in [9.17, 15) is 4.79 Å². The third-order valence-electron chi connectivity index (χ3n) is 1.35. The molecule has 0 aromatic carbocycles. The molecule has 0 aliphatic heterocycles. The zero-order valence-electron chi connectivity index (χ0n) is 6.20. The molecular formula is C7H13ClO. The predicted octanol–water partition coefficient (Wildman–Crippen LogP) is 2.37. The highest BCUT2D eigenvalue weighted by molar-refractivity contribution is 6.24. The second-order valence-electron chi connectivity index (χ2n) is 2.65. The number of hydrogen-bond acceptors (Lipinski definition) is 1. The zero-order valence-corrected chi connectivity index (χ0v) is 6.96. The van der Waals surface area contributed by atoms with E-state index in [1.165, 1.54) is 0 Å². The molecule has 0 amide bonds. The summed E-state index contributed by atoms with van der Waals surface area (Å²) in [6.45, 7) is 5.43. The number of carbonyl (C=O) groups is 1. The number of hydrogen-bond donors (Lipinski definition) is 0. The summed E-state index contributed by atoms with van der Waals surface area (Å²) in [5.41, 5.74) is 0. The van der Waals surface area contributed by atoms with Crippen LogP contribution in [0, 0.1) is 0 Å².